The Bertz CT molecular complexity index is 552. The molecular weight excluding hydrogens is 302 g/mol. The molecule has 2 aromatic rings. The summed E-state index contributed by atoms with van der Waals surface area (Å²) in [6.45, 7) is 0. The molecule has 0 bridgehead atoms. The smallest absolute Gasteiger partial charge is 0.166 e. The molecule has 0 saturated carbocycles. The number of benzene rings is 2. The predicted octanol–water partition coefficient (Wildman–Crippen LogP) is 4.78. The lowest BCUT2D eigenvalue weighted by Crippen LogP contribution is -1.87. The van der Waals surface area contributed by atoms with Crippen LogP contribution < -0.4 is 9.47 Å². The van der Waals surface area contributed by atoms with Crippen LogP contribution in [-0.4, -0.2) is 14.2 Å². The first-order valence-electron chi connectivity index (χ1n) is 5.65. The van der Waals surface area contributed by atoms with Gasteiger partial charge in [0.1, 0.15) is 0 Å². The van der Waals surface area contributed by atoms with E-state index in [9.17, 15) is 8.78 Å². The zero-order chi connectivity index (χ0) is 14.5. The highest BCUT2D eigenvalue weighted by Gasteiger charge is 2.07. The Morgan fingerprint density at radius 3 is 1.45 bits per heavy atom. The van der Waals surface area contributed by atoms with E-state index in [-0.39, 0.29) is 11.5 Å². The van der Waals surface area contributed by atoms with Gasteiger partial charge in [-0.25, -0.2) is 8.78 Å². The number of hydrogen-bond acceptors (Lipinski definition) is 4. The van der Waals surface area contributed by atoms with E-state index in [1.807, 2.05) is 0 Å². The van der Waals surface area contributed by atoms with Crippen molar-refractivity contribution >= 4 is 21.6 Å². The van der Waals surface area contributed by atoms with Crippen LogP contribution in [0, 0.1) is 11.6 Å². The maximum Gasteiger partial charge on any atom is 0.166 e. The first kappa shape index (κ1) is 15.0. The van der Waals surface area contributed by atoms with Gasteiger partial charge >= 0.3 is 0 Å². The van der Waals surface area contributed by atoms with Gasteiger partial charge in [0.15, 0.2) is 23.1 Å². The second kappa shape index (κ2) is 6.85. The van der Waals surface area contributed by atoms with Gasteiger partial charge in [-0.05, 0) is 36.4 Å². The van der Waals surface area contributed by atoms with Crippen molar-refractivity contribution in [1.82, 2.24) is 0 Å². The third kappa shape index (κ3) is 3.58. The minimum absolute atomic E-state index is 0.204. The Morgan fingerprint density at radius 2 is 1.15 bits per heavy atom. The lowest BCUT2D eigenvalue weighted by atomic mass is 10.3. The Kier molecular flexibility index (Phi) is 5.14. The summed E-state index contributed by atoms with van der Waals surface area (Å²) in [6, 6.07) is 9.39. The van der Waals surface area contributed by atoms with Crippen molar-refractivity contribution in [2.45, 2.75) is 9.79 Å². The maximum absolute atomic E-state index is 13.5. The molecule has 0 aliphatic carbocycles. The van der Waals surface area contributed by atoms with Crippen molar-refractivity contribution in [2.75, 3.05) is 14.2 Å². The molecule has 0 unspecified atom stereocenters. The number of rotatable bonds is 5. The zero-order valence-electron chi connectivity index (χ0n) is 10.9. The van der Waals surface area contributed by atoms with Crippen LogP contribution >= 0.6 is 21.6 Å². The minimum Gasteiger partial charge on any atom is -0.494 e. The molecule has 0 aliphatic rings. The van der Waals surface area contributed by atoms with Gasteiger partial charge in [0.25, 0.3) is 0 Å². The molecule has 0 aromatic heterocycles. The van der Waals surface area contributed by atoms with Gasteiger partial charge in [-0.1, -0.05) is 21.6 Å². The first-order valence-corrected chi connectivity index (χ1v) is 7.80. The molecule has 0 fully saturated rings. The van der Waals surface area contributed by atoms with Crippen LogP contribution in [-0.2, 0) is 0 Å². The summed E-state index contributed by atoms with van der Waals surface area (Å²) in [7, 11) is 5.52. The average Bonchev–Trinajstić information content (AvgIpc) is 2.45. The first-order chi connectivity index (χ1) is 9.63. The Labute approximate surface area is 123 Å². The normalized spacial score (nSPS) is 10.4. The fourth-order valence-electron chi connectivity index (χ4n) is 1.49. The van der Waals surface area contributed by atoms with Crippen molar-refractivity contribution < 1.29 is 18.3 Å². The van der Waals surface area contributed by atoms with Crippen LogP contribution in [0.25, 0.3) is 0 Å². The number of ether oxygens (including phenoxy) is 2. The SMILES string of the molecule is COc1ccc(SSc2ccc(OC)c(F)c2)cc1F. The van der Waals surface area contributed by atoms with E-state index in [0.29, 0.717) is 0 Å². The number of halogens is 2. The third-order valence-electron chi connectivity index (χ3n) is 2.48. The highest BCUT2D eigenvalue weighted by molar-refractivity contribution is 8.76. The Hall–Kier alpha value is -1.40. The molecule has 0 N–H and O–H groups in total. The molecule has 0 heterocycles. The van der Waals surface area contributed by atoms with E-state index >= 15 is 0 Å². The standard InChI is InChI=1S/C14H12F2O2S2/c1-17-13-5-3-9(7-11(13)15)19-20-10-4-6-14(18-2)12(16)8-10/h3-8H,1-2H3. The molecule has 0 radical (unpaired) electrons. The monoisotopic (exact) mass is 314 g/mol. The molecular formula is C14H12F2O2S2. The minimum atomic E-state index is -0.418. The Morgan fingerprint density at radius 1 is 0.750 bits per heavy atom. The van der Waals surface area contributed by atoms with Gasteiger partial charge < -0.3 is 9.47 Å². The van der Waals surface area contributed by atoms with Crippen LogP contribution in [0.3, 0.4) is 0 Å². The van der Waals surface area contributed by atoms with Gasteiger partial charge in [0.2, 0.25) is 0 Å². The quantitative estimate of drug-likeness (QED) is 0.739. The molecule has 0 amide bonds. The highest BCUT2D eigenvalue weighted by Crippen LogP contribution is 2.39. The fraction of sp³-hybridized carbons (Fsp3) is 0.143. The van der Waals surface area contributed by atoms with Crippen LogP contribution in [0.1, 0.15) is 0 Å². The fourth-order valence-corrected chi connectivity index (χ4v) is 3.44. The third-order valence-corrected chi connectivity index (χ3v) is 4.86. The van der Waals surface area contributed by atoms with Crippen molar-refractivity contribution in [3.05, 3.63) is 48.0 Å². The van der Waals surface area contributed by atoms with Crippen LogP contribution in [0.5, 0.6) is 11.5 Å². The van der Waals surface area contributed by atoms with Crippen LogP contribution in [0.15, 0.2) is 46.2 Å². The molecule has 0 aliphatic heterocycles. The van der Waals surface area contributed by atoms with Crippen molar-refractivity contribution in [1.29, 1.82) is 0 Å². The summed E-state index contributed by atoms with van der Waals surface area (Å²) in [6.07, 6.45) is 0. The molecule has 2 aromatic carbocycles. The summed E-state index contributed by atoms with van der Waals surface area (Å²) >= 11 is 0. The summed E-state index contributed by atoms with van der Waals surface area (Å²) in [5.41, 5.74) is 0. The topological polar surface area (TPSA) is 18.5 Å². The van der Waals surface area contributed by atoms with Crippen LogP contribution in [0.2, 0.25) is 0 Å². The predicted molar refractivity (Wildman–Crippen MR) is 77.6 cm³/mol. The van der Waals surface area contributed by atoms with Crippen molar-refractivity contribution in [3.63, 3.8) is 0 Å². The molecule has 2 rings (SSSR count). The van der Waals surface area contributed by atoms with E-state index in [1.54, 1.807) is 24.3 Å². The van der Waals surface area contributed by atoms with Crippen molar-refractivity contribution in [2.24, 2.45) is 0 Å². The van der Waals surface area contributed by atoms with Gasteiger partial charge in [0.05, 0.1) is 14.2 Å². The largest absolute Gasteiger partial charge is 0.494 e. The molecule has 6 heteroatoms. The van der Waals surface area contributed by atoms with Gasteiger partial charge in [-0.3, -0.25) is 0 Å². The molecule has 2 nitrogen and oxygen atoms in total. The van der Waals surface area contributed by atoms with Gasteiger partial charge in [-0.15, -0.1) is 0 Å². The summed E-state index contributed by atoms with van der Waals surface area (Å²) in [5.74, 6) is -0.428. The summed E-state index contributed by atoms with van der Waals surface area (Å²) < 4.78 is 36.7. The van der Waals surface area contributed by atoms with E-state index in [2.05, 4.69) is 0 Å². The second-order valence-corrected chi connectivity index (χ2v) is 6.04. The van der Waals surface area contributed by atoms with E-state index in [4.69, 9.17) is 9.47 Å². The molecule has 0 saturated heterocycles. The number of methoxy groups -OCH3 is 2. The molecule has 20 heavy (non-hydrogen) atoms. The van der Waals surface area contributed by atoms with E-state index < -0.39 is 11.6 Å². The highest BCUT2D eigenvalue weighted by atomic mass is 33.1. The number of hydrogen-bond donors (Lipinski definition) is 0. The van der Waals surface area contributed by atoms with Gasteiger partial charge in [-0.2, -0.15) is 0 Å². The maximum atomic E-state index is 13.5. The average molecular weight is 314 g/mol. The van der Waals surface area contributed by atoms with Crippen molar-refractivity contribution in [3.8, 4) is 11.5 Å². The second-order valence-electron chi connectivity index (χ2n) is 3.76. The molecule has 0 atom stereocenters. The lowest BCUT2D eigenvalue weighted by Gasteiger charge is -2.06. The zero-order valence-corrected chi connectivity index (χ0v) is 12.5. The van der Waals surface area contributed by atoms with Gasteiger partial charge in [0, 0.05) is 9.79 Å². The lowest BCUT2D eigenvalue weighted by molar-refractivity contribution is 0.385. The van der Waals surface area contributed by atoms with Crippen LogP contribution in [0.4, 0.5) is 8.78 Å². The Balaban J connectivity index is 2.05. The molecule has 106 valence electrons. The van der Waals surface area contributed by atoms with E-state index in [0.717, 1.165) is 9.79 Å². The summed E-state index contributed by atoms with van der Waals surface area (Å²) in [4.78, 5) is 1.45. The summed E-state index contributed by atoms with van der Waals surface area (Å²) in [5, 5.41) is 0. The molecule has 0 spiro atoms. The van der Waals surface area contributed by atoms with E-state index in [1.165, 1.54) is 47.9 Å².